The lowest BCUT2D eigenvalue weighted by Gasteiger charge is -2.11. The Morgan fingerprint density at radius 1 is 1.00 bits per heavy atom. The van der Waals surface area contributed by atoms with Gasteiger partial charge in [0.15, 0.2) is 6.29 Å². The van der Waals surface area contributed by atoms with Crippen LogP contribution in [0.5, 0.6) is 0 Å². The average molecular weight is 258 g/mol. The van der Waals surface area contributed by atoms with E-state index in [0.29, 0.717) is 13.2 Å². The molecule has 3 nitrogen and oxygen atoms in total. The van der Waals surface area contributed by atoms with Gasteiger partial charge in [0.05, 0.1) is 13.2 Å². The highest BCUT2D eigenvalue weighted by molar-refractivity contribution is 4.64. The van der Waals surface area contributed by atoms with Crippen molar-refractivity contribution < 1.29 is 14.2 Å². The second-order valence-corrected chi connectivity index (χ2v) is 5.09. The number of unbranched alkanes of at least 4 members (excludes halogenated alkanes) is 6. The second-order valence-electron chi connectivity index (χ2n) is 5.09. The van der Waals surface area contributed by atoms with Gasteiger partial charge in [0, 0.05) is 6.61 Å². The molecule has 2 atom stereocenters. The molecule has 1 fully saturated rings. The van der Waals surface area contributed by atoms with Crippen LogP contribution >= 0.6 is 0 Å². The van der Waals surface area contributed by atoms with Gasteiger partial charge in [0.2, 0.25) is 0 Å². The normalized spacial score (nSPS) is 23.7. The first-order chi connectivity index (χ1) is 8.86. The van der Waals surface area contributed by atoms with Gasteiger partial charge >= 0.3 is 0 Å². The summed E-state index contributed by atoms with van der Waals surface area (Å²) in [4.78, 5) is 0. The second kappa shape index (κ2) is 10.8. The van der Waals surface area contributed by atoms with E-state index in [2.05, 4.69) is 6.92 Å². The van der Waals surface area contributed by atoms with Gasteiger partial charge < -0.3 is 14.2 Å². The fraction of sp³-hybridized carbons (Fsp3) is 1.00. The van der Waals surface area contributed by atoms with Crippen molar-refractivity contribution in [3.63, 3.8) is 0 Å². The first kappa shape index (κ1) is 15.9. The largest absolute Gasteiger partial charge is 0.379 e. The minimum atomic E-state index is 0.0195. The van der Waals surface area contributed by atoms with Gasteiger partial charge in [-0.05, 0) is 19.8 Å². The van der Waals surface area contributed by atoms with E-state index < -0.39 is 0 Å². The predicted octanol–water partition coefficient (Wildman–Crippen LogP) is 3.91. The molecule has 3 heteroatoms. The Morgan fingerprint density at radius 3 is 2.44 bits per heavy atom. The first-order valence-electron chi connectivity index (χ1n) is 7.71. The van der Waals surface area contributed by atoms with Crippen LogP contribution < -0.4 is 0 Å². The third-order valence-corrected chi connectivity index (χ3v) is 3.36. The molecule has 0 N–H and O–H groups in total. The average Bonchev–Trinajstić information content (AvgIpc) is 2.83. The Kier molecular flexibility index (Phi) is 9.54. The lowest BCUT2D eigenvalue weighted by atomic mass is 10.1. The van der Waals surface area contributed by atoms with E-state index in [4.69, 9.17) is 14.2 Å². The summed E-state index contributed by atoms with van der Waals surface area (Å²) >= 11 is 0. The topological polar surface area (TPSA) is 27.7 Å². The van der Waals surface area contributed by atoms with Gasteiger partial charge in [-0.25, -0.2) is 0 Å². The minimum Gasteiger partial charge on any atom is -0.379 e. The van der Waals surface area contributed by atoms with Crippen LogP contribution in [0, 0.1) is 0 Å². The van der Waals surface area contributed by atoms with Crippen LogP contribution in [-0.4, -0.2) is 32.2 Å². The van der Waals surface area contributed by atoms with Crippen molar-refractivity contribution in [3.05, 3.63) is 0 Å². The molecule has 0 bridgehead atoms. The quantitative estimate of drug-likeness (QED) is 0.526. The van der Waals surface area contributed by atoms with Crippen LogP contribution in [0.1, 0.15) is 65.2 Å². The molecule has 0 radical (unpaired) electrons. The van der Waals surface area contributed by atoms with E-state index in [0.717, 1.165) is 13.0 Å². The van der Waals surface area contributed by atoms with Crippen molar-refractivity contribution in [2.75, 3.05) is 19.8 Å². The molecule has 0 aliphatic carbocycles. The summed E-state index contributed by atoms with van der Waals surface area (Å²) in [5.74, 6) is 0. The molecular formula is C15H30O3. The fourth-order valence-corrected chi connectivity index (χ4v) is 2.26. The molecule has 1 aliphatic rings. The van der Waals surface area contributed by atoms with Gasteiger partial charge in [-0.2, -0.15) is 0 Å². The van der Waals surface area contributed by atoms with Crippen molar-refractivity contribution in [2.45, 2.75) is 77.6 Å². The zero-order valence-corrected chi connectivity index (χ0v) is 12.2. The number of hydrogen-bond donors (Lipinski definition) is 0. The Morgan fingerprint density at radius 2 is 1.72 bits per heavy atom. The summed E-state index contributed by atoms with van der Waals surface area (Å²) in [6.07, 6.45) is 10.6. The highest BCUT2D eigenvalue weighted by atomic mass is 16.7. The molecule has 0 amide bonds. The van der Waals surface area contributed by atoms with Crippen LogP contribution in [0.3, 0.4) is 0 Å². The minimum absolute atomic E-state index is 0.0195. The zero-order chi connectivity index (χ0) is 13.1. The van der Waals surface area contributed by atoms with Gasteiger partial charge in [0.25, 0.3) is 0 Å². The van der Waals surface area contributed by atoms with Crippen LogP contribution in [0.4, 0.5) is 0 Å². The van der Waals surface area contributed by atoms with E-state index in [1.807, 2.05) is 6.92 Å². The van der Waals surface area contributed by atoms with Crippen LogP contribution in [-0.2, 0) is 14.2 Å². The maximum atomic E-state index is 5.76. The molecule has 0 aromatic heterocycles. The maximum absolute atomic E-state index is 5.76. The van der Waals surface area contributed by atoms with Gasteiger partial charge in [-0.15, -0.1) is 0 Å². The van der Waals surface area contributed by atoms with Crippen molar-refractivity contribution >= 4 is 0 Å². The smallest absolute Gasteiger partial charge is 0.158 e. The first-order valence-corrected chi connectivity index (χ1v) is 7.71. The monoisotopic (exact) mass is 258 g/mol. The van der Waals surface area contributed by atoms with Crippen molar-refractivity contribution in [1.82, 2.24) is 0 Å². The Hall–Kier alpha value is -0.120. The Labute approximate surface area is 112 Å². The van der Waals surface area contributed by atoms with E-state index in [9.17, 15) is 0 Å². The third-order valence-electron chi connectivity index (χ3n) is 3.36. The molecule has 0 spiro atoms. The summed E-state index contributed by atoms with van der Waals surface area (Å²) in [6, 6.07) is 0. The molecule has 1 rings (SSSR count). The molecule has 0 unspecified atom stereocenters. The third kappa shape index (κ3) is 7.34. The molecular weight excluding hydrogens is 228 g/mol. The number of hydrogen-bond acceptors (Lipinski definition) is 3. The van der Waals surface area contributed by atoms with Gasteiger partial charge in [-0.3, -0.25) is 0 Å². The molecule has 0 saturated carbocycles. The van der Waals surface area contributed by atoms with Gasteiger partial charge in [-0.1, -0.05) is 45.4 Å². The molecule has 108 valence electrons. The summed E-state index contributed by atoms with van der Waals surface area (Å²) in [6.45, 7) is 6.38. The van der Waals surface area contributed by atoms with Crippen molar-refractivity contribution in [1.29, 1.82) is 0 Å². The van der Waals surface area contributed by atoms with Crippen LogP contribution in [0.25, 0.3) is 0 Å². The molecule has 1 aliphatic heterocycles. The zero-order valence-electron chi connectivity index (χ0n) is 12.2. The number of ether oxygens (including phenoxy) is 3. The predicted molar refractivity (Wildman–Crippen MR) is 73.7 cm³/mol. The number of rotatable bonds is 11. The van der Waals surface area contributed by atoms with E-state index in [1.54, 1.807) is 0 Å². The Balaban J connectivity index is 1.88. The van der Waals surface area contributed by atoms with E-state index in [1.165, 1.54) is 44.9 Å². The Bertz CT molecular complexity index is 185. The van der Waals surface area contributed by atoms with Crippen LogP contribution in [0.2, 0.25) is 0 Å². The standard InChI is InChI=1S/C15H30O3/c1-3-5-6-7-8-9-10-11-15-17-13-14(18-15)12-16-4-2/h14-15H,3-13H2,1-2H3/t14-,15+/m0/s1. The lowest BCUT2D eigenvalue weighted by molar-refractivity contribution is -0.0753. The molecule has 0 aromatic carbocycles. The SMILES string of the molecule is CCCCCCCCC[C@@H]1OC[C@H](COCC)O1. The highest BCUT2D eigenvalue weighted by Gasteiger charge is 2.25. The highest BCUT2D eigenvalue weighted by Crippen LogP contribution is 2.18. The van der Waals surface area contributed by atoms with Crippen LogP contribution in [0.15, 0.2) is 0 Å². The molecule has 1 heterocycles. The van der Waals surface area contributed by atoms with Crippen molar-refractivity contribution in [3.8, 4) is 0 Å². The summed E-state index contributed by atoms with van der Waals surface area (Å²) in [5, 5.41) is 0. The van der Waals surface area contributed by atoms with Crippen molar-refractivity contribution in [2.24, 2.45) is 0 Å². The molecule has 0 aromatic rings. The van der Waals surface area contributed by atoms with E-state index in [-0.39, 0.29) is 12.4 Å². The molecule has 18 heavy (non-hydrogen) atoms. The van der Waals surface area contributed by atoms with Gasteiger partial charge in [0.1, 0.15) is 6.10 Å². The summed E-state index contributed by atoms with van der Waals surface area (Å²) in [5.41, 5.74) is 0. The summed E-state index contributed by atoms with van der Waals surface area (Å²) in [7, 11) is 0. The maximum Gasteiger partial charge on any atom is 0.158 e. The van der Waals surface area contributed by atoms with E-state index >= 15 is 0 Å². The molecule has 1 saturated heterocycles. The fourth-order valence-electron chi connectivity index (χ4n) is 2.26. The lowest BCUT2D eigenvalue weighted by Crippen LogP contribution is -2.18. The summed E-state index contributed by atoms with van der Waals surface area (Å²) < 4.78 is 16.7.